The van der Waals surface area contributed by atoms with Crippen LogP contribution in [-0.4, -0.2) is 47.3 Å². The Bertz CT molecular complexity index is 397. The number of benzene rings is 1. The van der Waals surface area contributed by atoms with Crippen LogP contribution in [0.1, 0.15) is 5.56 Å². The van der Waals surface area contributed by atoms with Gasteiger partial charge >= 0.3 is 0 Å². The second-order valence-electron chi connectivity index (χ2n) is 3.66. The lowest BCUT2D eigenvalue weighted by molar-refractivity contribution is -0.126. The number of hydrogen-bond donors (Lipinski definition) is 2. The van der Waals surface area contributed by atoms with Crippen LogP contribution in [0.5, 0.6) is 0 Å². The molecule has 0 atom stereocenters. The molecule has 0 fully saturated rings. The Morgan fingerprint density at radius 1 is 1.17 bits per heavy atom. The Morgan fingerprint density at radius 2 is 1.72 bits per heavy atom. The van der Waals surface area contributed by atoms with Crippen molar-refractivity contribution in [3.8, 4) is 0 Å². The smallest absolute Gasteiger partial charge is 0.246 e. The fourth-order valence-electron chi connectivity index (χ4n) is 1.42. The predicted octanol–water partition coefficient (Wildman–Crippen LogP) is 1.28. The summed E-state index contributed by atoms with van der Waals surface area (Å²) in [6.45, 7) is 0.226. The monoisotopic (exact) mass is 313 g/mol. The molecule has 0 radical (unpaired) electrons. The van der Waals surface area contributed by atoms with E-state index in [-0.39, 0.29) is 32.2 Å². The molecule has 0 saturated carbocycles. The lowest BCUT2D eigenvalue weighted by Gasteiger charge is -2.18. The van der Waals surface area contributed by atoms with Crippen molar-refractivity contribution >= 4 is 27.9 Å². The number of carbonyl (C=O) groups excluding carboxylic acids is 1. The highest BCUT2D eigenvalue weighted by molar-refractivity contribution is 9.10. The quantitative estimate of drug-likeness (QED) is 0.778. The van der Waals surface area contributed by atoms with Crippen LogP contribution < -0.4 is 0 Å². The molecular formula is C13H16BrNO3. The summed E-state index contributed by atoms with van der Waals surface area (Å²) in [5.41, 5.74) is 0.916. The summed E-state index contributed by atoms with van der Waals surface area (Å²) in [5.74, 6) is -0.221. The fraction of sp³-hybridized carbons (Fsp3) is 0.308. The lowest BCUT2D eigenvalue weighted by atomic mass is 10.2. The van der Waals surface area contributed by atoms with Crippen molar-refractivity contribution in [3.63, 3.8) is 0 Å². The zero-order chi connectivity index (χ0) is 13.4. The minimum atomic E-state index is -0.221. The largest absolute Gasteiger partial charge is 0.395 e. The van der Waals surface area contributed by atoms with Crippen LogP contribution in [0.3, 0.4) is 0 Å². The van der Waals surface area contributed by atoms with Crippen LogP contribution in [0.4, 0.5) is 0 Å². The van der Waals surface area contributed by atoms with Gasteiger partial charge in [-0.05, 0) is 23.8 Å². The van der Waals surface area contributed by atoms with Gasteiger partial charge in [-0.2, -0.15) is 0 Å². The molecule has 0 heterocycles. The summed E-state index contributed by atoms with van der Waals surface area (Å²) in [6.07, 6.45) is 3.14. The third kappa shape index (κ3) is 5.00. The van der Waals surface area contributed by atoms with Gasteiger partial charge in [-0.1, -0.05) is 28.1 Å². The van der Waals surface area contributed by atoms with Crippen molar-refractivity contribution in [3.05, 3.63) is 40.4 Å². The molecule has 0 saturated heterocycles. The van der Waals surface area contributed by atoms with Gasteiger partial charge in [0.25, 0.3) is 0 Å². The molecule has 2 N–H and O–H groups in total. The minimum Gasteiger partial charge on any atom is -0.395 e. The van der Waals surface area contributed by atoms with Gasteiger partial charge in [0.15, 0.2) is 0 Å². The fourth-order valence-corrected chi connectivity index (χ4v) is 1.68. The maximum Gasteiger partial charge on any atom is 0.246 e. The van der Waals surface area contributed by atoms with E-state index < -0.39 is 0 Å². The summed E-state index contributed by atoms with van der Waals surface area (Å²) in [5, 5.41) is 17.6. The average Bonchev–Trinajstić information content (AvgIpc) is 2.37. The highest BCUT2D eigenvalue weighted by Gasteiger charge is 2.08. The van der Waals surface area contributed by atoms with Crippen molar-refractivity contribution in [1.82, 2.24) is 4.90 Å². The van der Waals surface area contributed by atoms with Crippen LogP contribution in [0.2, 0.25) is 0 Å². The van der Waals surface area contributed by atoms with Gasteiger partial charge in [0.2, 0.25) is 5.91 Å². The van der Waals surface area contributed by atoms with Gasteiger partial charge in [0.05, 0.1) is 13.2 Å². The number of hydrogen-bond acceptors (Lipinski definition) is 3. The maximum absolute atomic E-state index is 11.8. The Morgan fingerprint density at radius 3 is 2.22 bits per heavy atom. The number of halogens is 1. The Balaban J connectivity index is 2.63. The Labute approximate surface area is 115 Å². The molecule has 1 aromatic carbocycles. The predicted molar refractivity (Wildman–Crippen MR) is 73.9 cm³/mol. The lowest BCUT2D eigenvalue weighted by Crippen LogP contribution is -2.34. The van der Waals surface area contributed by atoms with Gasteiger partial charge in [0, 0.05) is 23.6 Å². The first-order chi connectivity index (χ1) is 8.67. The van der Waals surface area contributed by atoms with Crippen molar-refractivity contribution in [1.29, 1.82) is 0 Å². The van der Waals surface area contributed by atoms with E-state index in [9.17, 15) is 4.79 Å². The van der Waals surface area contributed by atoms with Gasteiger partial charge in [-0.3, -0.25) is 4.79 Å². The first-order valence-electron chi connectivity index (χ1n) is 5.61. The summed E-state index contributed by atoms with van der Waals surface area (Å²) in [6, 6.07) is 7.55. The molecule has 98 valence electrons. The van der Waals surface area contributed by atoms with Gasteiger partial charge in [-0.25, -0.2) is 0 Å². The Hall–Kier alpha value is -1.17. The maximum atomic E-state index is 11.8. The van der Waals surface area contributed by atoms with Gasteiger partial charge in [0.1, 0.15) is 0 Å². The SMILES string of the molecule is O=C(/C=C/c1ccc(Br)cc1)N(CCO)CCO. The summed E-state index contributed by atoms with van der Waals surface area (Å²) >= 11 is 3.33. The molecule has 18 heavy (non-hydrogen) atoms. The molecule has 1 aromatic rings. The summed E-state index contributed by atoms with van der Waals surface area (Å²) in [4.78, 5) is 13.2. The van der Waals surface area contributed by atoms with E-state index in [4.69, 9.17) is 10.2 Å². The molecule has 0 aliphatic carbocycles. The first-order valence-corrected chi connectivity index (χ1v) is 6.41. The molecule has 0 bridgehead atoms. The molecule has 0 spiro atoms. The zero-order valence-corrected chi connectivity index (χ0v) is 11.5. The molecule has 1 rings (SSSR count). The first kappa shape index (κ1) is 14.9. The van der Waals surface area contributed by atoms with E-state index in [0.29, 0.717) is 0 Å². The molecule has 0 aliphatic rings. The van der Waals surface area contributed by atoms with Crippen LogP contribution >= 0.6 is 15.9 Å². The highest BCUT2D eigenvalue weighted by atomic mass is 79.9. The number of aliphatic hydroxyl groups is 2. The van der Waals surface area contributed by atoms with Gasteiger partial charge in [-0.15, -0.1) is 0 Å². The van der Waals surface area contributed by atoms with Crippen LogP contribution in [0.15, 0.2) is 34.8 Å². The number of aliphatic hydroxyl groups excluding tert-OH is 2. The van der Waals surface area contributed by atoms with E-state index in [1.807, 2.05) is 24.3 Å². The van der Waals surface area contributed by atoms with Crippen molar-refractivity contribution in [2.24, 2.45) is 0 Å². The normalized spacial score (nSPS) is 10.8. The van der Waals surface area contributed by atoms with E-state index in [0.717, 1.165) is 10.0 Å². The van der Waals surface area contributed by atoms with Crippen LogP contribution in [0, 0.1) is 0 Å². The molecule has 4 nitrogen and oxygen atoms in total. The second kappa shape index (κ2) is 8.02. The van der Waals surface area contributed by atoms with Gasteiger partial charge < -0.3 is 15.1 Å². The number of amides is 1. The molecule has 0 aromatic heterocycles. The highest BCUT2D eigenvalue weighted by Crippen LogP contribution is 2.11. The number of nitrogens with zero attached hydrogens (tertiary/aromatic N) is 1. The Kier molecular flexibility index (Phi) is 6.64. The summed E-state index contributed by atoms with van der Waals surface area (Å²) < 4.78 is 0.980. The van der Waals surface area contributed by atoms with Crippen LogP contribution in [0.25, 0.3) is 6.08 Å². The average molecular weight is 314 g/mol. The zero-order valence-electron chi connectivity index (χ0n) is 9.92. The molecule has 5 heteroatoms. The third-order valence-corrected chi connectivity index (χ3v) is 2.87. The van der Waals surface area contributed by atoms with Crippen molar-refractivity contribution < 1.29 is 15.0 Å². The summed E-state index contributed by atoms with van der Waals surface area (Å²) in [7, 11) is 0. The van der Waals surface area contributed by atoms with E-state index in [2.05, 4.69) is 15.9 Å². The standard InChI is InChI=1S/C13H16BrNO3/c14-12-4-1-11(2-5-12)3-6-13(18)15(7-9-16)8-10-17/h1-6,16-17H,7-10H2/b6-3+. The minimum absolute atomic E-state index is 0.113. The molecule has 1 amide bonds. The van der Waals surface area contributed by atoms with E-state index >= 15 is 0 Å². The van der Waals surface area contributed by atoms with Crippen LogP contribution in [-0.2, 0) is 4.79 Å². The molecule has 0 unspecified atom stereocenters. The number of carbonyl (C=O) groups is 1. The van der Waals surface area contributed by atoms with Crippen molar-refractivity contribution in [2.75, 3.05) is 26.3 Å². The topological polar surface area (TPSA) is 60.8 Å². The second-order valence-corrected chi connectivity index (χ2v) is 4.57. The number of rotatable bonds is 6. The van der Waals surface area contributed by atoms with E-state index in [1.54, 1.807) is 6.08 Å². The third-order valence-electron chi connectivity index (χ3n) is 2.34. The molecule has 0 aliphatic heterocycles. The molecular weight excluding hydrogens is 298 g/mol. The van der Waals surface area contributed by atoms with Crippen molar-refractivity contribution in [2.45, 2.75) is 0 Å². The van der Waals surface area contributed by atoms with E-state index in [1.165, 1.54) is 11.0 Å².